The van der Waals surface area contributed by atoms with Crippen molar-refractivity contribution in [3.05, 3.63) is 0 Å². The highest BCUT2D eigenvalue weighted by Gasteiger charge is 2.37. The van der Waals surface area contributed by atoms with E-state index in [1.807, 2.05) is 11.8 Å². The topological polar surface area (TPSA) is 20.3 Å². The van der Waals surface area contributed by atoms with Crippen molar-refractivity contribution in [2.75, 3.05) is 25.1 Å². The van der Waals surface area contributed by atoms with E-state index in [0.717, 1.165) is 25.1 Å². The van der Waals surface area contributed by atoms with Gasteiger partial charge in [0.2, 0.25) is 0 Å². The quantitative estimate of drug-likeness (QED) is 0.640. The van der Waals surface area contributed by atoms with Crippen LogP contribution in [0, 0.1) is 5.92 Å². The molecule has 2 nitrogen and oxygen atoms in total. The van der Waals surface area contributed by atoms with Crippen LogP contribution in [-0.2, 0) is 4.79 Å². The van der Waals surface area contributed by atoms with E-state index in [0.29, 0.717) is 11.7 Å². The van der Waals surface area contributed by atoms with Gasteiger partial charge in [-0.2, -0.15) is 11.8 Å². The number of likely N-dealkylation sites (N-methyl/N-ethyl adjacent to an activating group) is 1. The Hall–Kier alpha value is -0.0200. The lowest BCUT2D eigenvalue weighted by molar-refractivity contribution is -0.124. The highest BCUT2D eigenvalue weighted by Crippen LogP contribution is 2.33. The van der Waals surface area contributed by atoms with Crippen molar-refractivity contribution in [3.63, 3.8) is 0 Å². The van der Waals surface area contributed by atoms with Crippen LogP contribution < -0.4 is 0 Å². The van der Waals surface area contributed by atoms with E-state index in [9.17, 15) is 4.79 Å². The van der Waals surface area contributed by atoms with Crippen LogP contribution >= 0.6 is 11.8 Å². The minimum absolute atomic E-state index is 0.233. The van der Waals surface area contributed by atoms with Crippen LogP contribution in [0.1, 0.15) is 12.8 Å². The fourth-order valence-electron chi connectivity index (χ4n) is 1.63. The number of Topliss-reactive ketones (excluding diaryl/α,β-unsaturated/α-hetero) is 1. The third kappa shape index (κ3) is 1.67. The van der Waals surface area contributed by atoms with Gasteiger partial charge in [0.1, 0.15) is 0 Å². The van der Waals surface area contributed by atoms with Gasteiger partial charge in [0.15, 0.2) is 5.78 Å². The average Bonchev–Trinajstić information content (AvgIpc) is 2.86. The zero-order chi connectivity index (χ0) is 8.55. The van der Waals surface area contributed by atoms with Gasteiger partial charge in [-0.1, -0.05) is 0 Å². The molecule has 2 rings (SSSR count). The number of ketones is 1. The lowest BCUT2D eigenvalue weighted by Gasteiger charge is -2.30. The Morgan fingerprint density at radius 1 is 1.50 bits per heavy atom. The first-order valence-electron chi connectivity index (χ1n) is 4.61. The molecule has 0 aromatic rings. The zero-order valence-electron chi connectivity index (χ0n) is 7.45. The van der Waals surface area contributed by atoms with Gasteiger partial charge in [-0.25, -0.2) is 0 Å². The molecular weight excluding hydrogens is 170 g/mol. The van der Waals surface area contributed by atoms with Gasteiger partial charge in [0, 0.05) is 24.0 Å². The number of hydrogen-bond donors (Lipinski definition) is 0. The monoisotopic (exact) mass is 185 g/mol. The van der Waals surface area contributed by atoms with Gasteiger partial charge in [-0.05, 0) is 19.9 Å². The summed E-state index contributed by atoms with van der Waals surface area (Å²) >= 11 is 1.92. The van der Waals surface area contributed by atoms with E-state index in [4.69, 9.17) is 0 Å². The number of hydrogen-bond acceptors (Lipinski definition) is 3. The fraction of sp³-hybridized carbons (Fsp3) is 0.889. The van der Waals surface area contributed by atoms with Gasteiger partial charge in [-0.15, -0.1) is 0 Å². The molecular formula is C9H15NOS. The minimum atomic E-state index is 0.233. The first kappa shape index (κ1) is 8.57. The van der Waals surface area contributed by atoms with Crippen molar-refractivity contribution in [1.82, 2.24) is 4.90 Å². The standard InChI is InChI=1S/C9H15NOS/c1-10-4-5-12-6-8(10)9(11)7-2-3-7/h7-8H,2-6H2,1H3. The van der Waals surface area contributed by atoms with Gasteiger partial charge in [0.25, 0.3) is 0 Å². The molecule has 1 aliphatic heterocycles. The predicted octanol–water partition coefficient (Wildman–Crippen LogP) is 1.01. The molecule has 0 bridgehead atoms. The van der Waals surface area contributed by atoms with Crippen LogP contribution in [0.25, 0.3) is 0 Å². The van der Waals surface area contributed by atoms with E-state index < -0.39 is 0 Å². The molecule has 68 valence electrons. The van der Waals surface area contributed by atoms with Crippen molar-refractivity contribution in [1.29, 1.82) is 0 Å². The van der Waals surface area contributed by atoms with Crippen LogP contribution in [-0.4, -0.2) is 41.8 Å². The predicted molar refractivity (Wildman–Crippen MR) is 51.5 cm³/mol. The minimum Gasteiger partial charge on any atom is -0.298 e. The molecule has 2 aliphatic rings. The summed E-state index contributed by atoms with van der Waals surface area (Å²) in [6.07, 6.45) is 2.29. The molecule has 0 aromatic carbocycles. The van der Waals surface area contributed by atoms with Crippen molar-refractivity contribution in [2.24, 2.45) is 5.92 Å². The SMILES string of the molecule is CN1CCSCC1C(=O)C1CC1. The molecule has 0 aromatic heterocycles. The molecule has 1 heterocycles. The van der Waals surface area contributed by atoms with Crippen LogP contribution in [0.4, 0.5) is 0 Å². The summed E-state index contributed by atoms with van der Waals surface area (Å²) in [5, 5.41) is 0. The Labute approximate surface area is 77.7 Å². The number of thioether (sulfide) groups is 1. The molecule has 1 saturated carbocycles. The Kier molecular flexibility index (Phi) is 2.42. The smallest absolute Gasteiger partial charge is 0.153 e. The first-order valence-corrected chi connectivity index (χ1v) is 5.76. The first-order chi connectivity index (χ1) is 5.79. The maximum atomic E-state index is 11.7. The highest BCUT2D eigenvalue weighted by atomic mass is 32.2. The van der Waals surface area contributed by atoms with Crippen molar-refractivity contribution in [3.8, 4) is 0 Å². The molecule has 12 heavy (non-hydrogen) atoms. The van der Waals surface area contributed by atoms with E-state index >= 15 is 0 Å². The number of carbonyl (C=O) groups excluding carboxylic acids is 1. The lowest BCUT2D eigenvalue weighted by Crippen LogP contribution is -2.45. The summed E-state index contributed by atoms with van der Waals surface area (Å²) < 4.78 is 0. The second kappa shape index (κ2) is 3.38. The van der Waals surface area contributed by atoms with Gasteiger partial charge in [-0.3, -0.25) is 9.69 Å². The summed E-state index contributed by atoms with van der Waals surface area (Å²) in [5.41, 5.74) is 0. The summed E-state index contributed by atoms with van der Waals surface area (Å²) in [4.78, 5) is 13.9. The zero-order valence-corrected chi connectivity index (χ0v) is 8.27. The van der Waals surface area contributed by atoms with Crippen LogP contribution in [0.3, 0.4) is 0 Å². The average molecular weight is 185 g/mol. The number of rotatable bonds is 2. The maximum Gasteiger partial charge on any atom is 0.153 e. The molecule has 1 saturated heterocycles. The maximum absolute atomic E-state index is 11.7. The molecule has 2 fully saturated rings. The normalized spacial score (nSPS) is 31.9. The van der Waals surface area contributed by atoms with Crippen LogP contribution in [0.15, 0.2) is 0 Å². The molecule has 0 amide bonds. The Morgan fingerprint density at radius 3 is 2.83 bits per heavy atom. The summed E-state index contributed by atoms with van der Waals surface area (Å²) in [7, 11) is 2.07. The Bertz CT molecular complexity index is 191. The van der Waals surface area contributed by atoms with Crippen molar-refractivity contribution < 1.29 is 4.79 Å². The number of carbonyl (C=O) groups is 1. The molecule has 1 unspecified atom stereocenters. The number of nitrogens with zero attached hydrogens (tertiary/aromatic N) is 1. The molecule has 3 heteroatoms. The van der Waals surface area contributed by atoms with Crippen molar-refractivity contribution >= 4 is 17.5 Å². The molecule has 1 atom stereocenters. The van der Waals surface area contributed by atoms with E-state index in [2.05, 4.69) is 11.9 Å². The van der Waals surface area contributed by atoms with Crippen LogP contribution in [0.5, 0.6) is 0 Å². The van der Waals surface area contributed by atoms with E-state index in [-0.39, 0.29) is 6.04 Å². The van der Waals surface area contributed by atoms with Gasteiger partial charge in [0.05, 0.1) is 6.04 Å². The van der Waals surface area contributed by atoms with Crippen LogP contribution in [0.2, 0.25) is 0 Å². The second-order valence-corrected chi connectivity index (χ2v) is 4.90. The van der Waals surface area contributed by atoms with Gasteiger partial charge < -0.3 is 0 Å². The lowest BCUT2D eigenvalue weighted by atomic mass is 10.1. The highest BCUT2D eigenvalue weighted by molar-refractivity contribution is 7.99. The summed E-state index contributed by atoms with van der Waals surface area (Å²) in [6.45, 7) is 1.08. The molecule has 0 N–H and O–H groups in total. The van der Waals surface area contributed by atoms with E-state index in [1.54, 1.807) is 0 Å². The third-order valence-electron chi connectivity index (χ3n) is 2.70. The molecule has 0 radical (unpaired) electrons. The second-order valence-electron chi connectivity index (χ2n) is 3.75. The van der Waals surface area contributed by atoms with Gasteiger partial charge >= 0.3 is 0 Å². The summed E-state index contributed by atoms with van der Waals surface area (Å²) in [5.74, 6) is 3.14. The Morgan fingerprint density at radius 2 is 2.25 bits per heavy atom. The largest absolute Gasteiger partial charge is 0.298 e. The Balaban J connectivity index is 1.95. The fourth-order valence-corrected chi connectivity index (χ4v) is 2.85. The molecule has 0 spiro atoms. The molecule has 1 aliphatic carbocycles. The van der Waals surface area contributed by atoms with E-state index in [1.165, 1.54) is 5.75 Å². The third-order valence-corrected chi connectivity index (χ3v) is 3.73. The van der Waals surface area contributed by atoms with Crippen molar-refractivity contribution in [2.45, 2.75) is 18.9 Å². The summed E-state index contributed by atoms with van der Waals surface area (Å²) in [6, 6.07) is 0.233.